The highest BCUT2D eigenvalue weighted by atomic mass is 15.1. The summed E-state index contributed by atoms with van der Waals surface area (Å²) in [5.74, 6) is 0. The average molecular weight is 249 g/mol. The molecule has 1 aliphatic heterocycles. The largest absolute Gasteiger partial charge is 0.398 e. The Balaban J connectivity index is 1.96. The Kier molecular flexibility index (Phi) is 2.85. The van der Waals surface area contributed by atoms with Crippen molar-refractivity contribution in [3.63, 3.8) is 0 Å². The minimum Gasteiger partial charge on any atom is -0.398 e. The Labute approximate surface area is 112 Å². The van der Waals surface area contributed by atoms with Crippen molar-refractivity contribution >= 4 is 11.4 Å². The second-order valence-corrected chi connectivity index (χ2v) is 4.79. The zero-order valence-corrected chi connectivity index (χ0v) is 10.6. The summed E-state index contributed by atoms with van der Waals surface area (Å²) < 4.78 is 0. The van der Waals surface area contributed by atoms with E-state index in [1.807, 2.05) is 36.4 Å². The molecule has 2 aromatic carbocycles. The van der Waals surface area contributed by atoms with Gasteiger partial charge >= 0.3 is 0 Å². The molecule has 1 heterocycles. The molecule has 0 amide bonds. The second kappa shape index (κ2) is 4.66. The maximum absolute atomic E-state index is 9.19. The van der Waals surface area contributed by atoms with Gasteiger partial charge in [0.25, 0.3) is 0 Å². The zero-order valence-electron chi connectivity index (χ0n) is 10.6. The summed E-state index contributed by atoms with van der Waals surface area (Å²) in [6.45, 7) is 1.72. The maximum atomic E-state index is 9.19. The minimum atomic E-state index is 0.731. The van der Waals surface area contributed by atoms with Gasteiger partial charge < -0.3 is 10.6 Å². The van der Waals surface area contributed by atoms with Gasteiger partial charge in [0.15, 0.2) is 0 Å². The molecule has 19 heavy (non-hydrogen) atoms. The van der Waals surface area contributed by atoms with E-state index >= 15 is 0 Å². The van der Waals surface area contributed by atoms with Crippen LogP contribution in [0.3, 0.4) is 0 Å². The second-order valence-electron chi connectivity index (χ2n) is 4.79. The summed E-state index contributed by atoms with van der Waals surface area (Å²) in [5, 5.41) is 9.19. The summed E-state index contributed by atoms with van der Waals surface area (Å²) in [4.78, 5) is 2.25. The van der Waals surface area contributed by atoms with E-state index in [1.54, 1.807) is 0 Å². The van der Waals surface area contributed by atoms with Gasteiger partial charge in [-0.25, -0.2) is 0 Å². The van der Waals surface area contributed by atoms with Crippen LogP contribution in [0.5, 0.6) is 0 Å². The number of hydrogen-bond acceptors (Lipinski definition) is 3. The van der Waals surface area contributed by atoms with E-state index in [4.69, 9.17) is 5.73 Å². The van der Waals surface area contributed by atoms with Crippen molar-refractivity contribution in [2.45, 2.75) is 13.0 Å². The molecule has 0 aliphatic carbocycles. The molecule has 0 saturated heterocycles. The maximum Gasteiger partial charge on any atom is 0.101 e. The van der Waals surface area contributed by atoms with Gasteiger partial charge in [0.2, 0.25) is 0 Å². The third-order valence-corrected chi connectivity index (χ3v) is 3.67. The van der Waals surface area contributed by atoms with Gasteiger partial charge in [0.05, 0.1) is 11.3 Å². The summed E-state index contributed by atoms with van der Waals surface area (Å²) in [6.07, 6.45) is 0.932. The molecule has 3 nitrogen and oxygen atoms in total. The van der Waals surface area contributed by atoms with Crippen molar-refractivity contribution in [2.24, 2.45) is 0 Å². The molecule has 0 bridgehead atoms. The first-order chi connectivity index (χ1) is 9.29. The Bertz CT molecular complexity index is 655. The number of anilines is 2. The number of nitriles is 1. The Morgan fingerprint density at radius 1 is 1.11 bits per heavy atom. The molecule has 0 unspecified atom stereocenters. The topological polar surface area (TPSA) is 53.0 Å². The molecule has 94 valence electrons. The van der Waals surface area contributed by atoms with E-state index in [1.165, 1.54) is 11.1 Å². The number of para-hydroxylation sites is 1. The highest BCUT2D eigenvalue weighted by molar-refractivity contribution is 5.62. The van der Waals surface area contributed by atoms with E-state index in [2.05, 4.69) is 17.0 Å². The molecule has 0 spiro atoms. The van der Waals surface area contributed by atoms with Crippen molar-refractivity contribution in [3.05, 3.63) is 59.2 Å². The number of rotatable bonds is 1. The Hall–Kier alpha value is -2.47. The predicted octanol–water partition coefficient (Wildman–Crippen LogP) is 2.70. The first kappa shape index (κ1) is 11.6. The van der Waals surface area contributed by atoms with Crippen LogP contribution >= 0.6 is 0 Å². The normalized spacial score (nSPS) is 13.7. The molecular weight excluding hydrogens is 234 g/mol. The molecule has 3 heteroatoms. The van der Waals surface area contributed by atoms with Gasteiger partial charge in [-0.3, -0.25) is 0 Å². The van der Waals surface area contributed by atoms with Crippen molar-refractivity contribution in [3.8, 4) is 6.07 Å². The number of nitrogens with two attached hydrogens (primary N) is 1. The Morgan fingerprint density at radius 2 is 1.95 bits per heavy atom. The lowest BCUT2D eigenvalue weighted by Gasteiger charge is -2.31. The molecule has 2 aromatic rings. The third kappa shape index (κ3) is 2.02. The van der Waals surface area contributed by atoms with Gasteiger partial charge in [0, 0.05) is 18.8 Å². The van der Waals surface area contributed by atoms with Gasteiger partial charge in [-0.2, -0.15) is 5.26 Å². The fourth-order valence-corrected chi connectivity index (χ4v) is 2.69. The summed E-state index contributed by atoms with van der Waals surface area (Å²) >= 11 is 0. The lowest BCUT2D eigenvalue weighted by molar-refractivity contribution is 0.732. The van der Waals surface area contributed by atoms with Crippen molar-refractivity contribution < 1.29 is 0 Å². The van der Waals surface area contributed by atoms with Crippen LogP contribution in [0, 0.1) is 11.3 Å². The number of fused-ring (bicyclic) bond motifs is 1. The van der Waals surface area contributed by atoms with Crippen molar-refractivity contribution in [1.82, 2.24) is 0 Å². The number of nitrogens with zero attached hydrogens (tertiary/aromatic N) is 2. The molecule has 3 rings (SSSR count). The third-order valence-electron chi connectivity index (χ3n) is 3.67. The van der Waals surface area contributed by atoms with Gasteiger partial charge in [0.1, 0.15) is 6.07 Å². The van der Waals surface area contributed by atoms with Crippen LogP contribution in [0.25, 0.3) is 0 Å². The standard InChI is InChI=1S/C16H15N3/c17-10-12-4-1-2-7-16(12)19-9-8-14-13(11-19)5-3-6-15(14)18/h1-7H,8-9,11,18H2. The number of hydrogen-bond donors (Lipinski definition) is 1. The van der Waals surface area contributed by atoms with Crippen LogP contribution in [-0.2, 0) is 13.0 Å². The molecule has 0 fully saturated rings. The zero-order chi connectivity index (χ0) is 13.2. The first-order valence-electron chi connectivity index (χ1n) is 6.40. The molecule has 2 N–H and O–H groups in total. The molecule has 1 aliphatic rings. The van der Waals surface area contributed by atoms with E-state index in [9.17, 15) is 5.26 Å². The highest BCUT2D eigenvalue weighted by Crippen LogP contribution is 2.29. The number of benzene rings is 2. The summed E-state index contributed by atoms with van der Waals surface area (Å²) in [5.41, 5.74) is 11.2. The van der Waals surface area contributed by atoms with E-state index in [0.29, 0.717) is 0 Å². The van der Waals surface area contributed by atoms with Crippen LogP contribution in [0.1, 0.15) is 16.7 Å². The lowest BCUT2D eigenvalue weighted by atomic mass is 9.97. The first-order valence-corrected chi connectivity index (χ1v) is 6.40. The minimum absolute atomic E-state index is 0.731. The van der Waals surface area contributed by atoms with Crippen molar-refractivity contribution in [2.75, 3.05) is 17.2 Å². The number of nitrogen functional groups attached to an aromatic ring is 1. The van der Waals surface area contributed by atoms with E-state index in [-0.39, 0.29) is 0 Å². The quantitative estimate of drug-likeness (QED) is 0.791. The van der Waals surface area contributed by atoms with E-state index < -0.39 is 0 Å². The molecule has 0 atom stereocenters. The fourth-order valence-electron chi connectivity index (χ4n) is 2.69. The lowest BCUT2D eigenvalue weighted by Crippen LogP contribution is -2.31. The monoisotopic (exact) mass is 249 g/mol. The van der Waals surface area contributed by atoms with Crippen molar-refractivity contribution in [1.29, 1.82) is 5.26 Å². The van der Waals surface area contributed by atoms with Gasteiger partial charge in [-0.1, -0.05) is 24.3 Å². The average Bonchev–Trinajstić information content (AvgIpc) is 2.47. The molecule has 0 radical (unpaired) electrons. The highest BCUT2D eigenvalue weighted by Gasteiger charge is 2.19. The fraction of sp³-hybridized carbons (Fsp3) is 0.188. The van der Waals surface area contributed by atoms with Crippen LogP contribution < -0.4 is 10.6 Å². The Morgan fingerprint density at radius 3 is 2.79 bits per heavy atom. The van der Waals surface area contributed by atoms with Gasteiger partial charge in [-0.05, 0) is 35.7 Å². The molecular formula is C16H15N3. The van der Waals surface area contributed by atoms with Gasteiger partial charge in [-0.15, -0.1) is 0 Å². The summed E-state index contributed by atoms with van der Waals surface area (Å²) in [6, 6.07) is 16.1. The van der Waals surface area contributed by atoms with Crippen LogP contribution in [0.4, 0.5) is 11.4 Å². The van der Waals surface area contributed by atoms with Crippen LogP contribution in [0.15, 0.2) is 42.5 Å². The van der Waals surface area contributed by atoms with Crippen LogP contribution in [0.2, 0.25) is 0 Å². The molecule has 0 aromatic heterocycles. The predicted molar refractivity (Wildman–Crippen MR) is 76.8 cm³/mol. The molecule has 0 saturated carbocycles. The van der Waals surface area contributed by atoms with Crippen LogP contribution in [-0.4, -0.2) is 6.54 Å². The SMILES string of the molecule is N#Cc1ccccc1N1CCc2c(N)cccc2C1. The summed E-state index contributed by atoms with van der Waals surface area (Å²) in [7, 11) is 0. The van der Waals surface area contributed by atoms with E-state index in [0.717, 1.165) is 36.4 Å². The smallest absolute Gasteiger partial charge is 0.101 e.